The van der Waals surface area contributed by atoms with Gasteiger partial charge in [0, 0.05) is 17.6 Å². The third kappa shape index (κ3) is 3.02. The molecule has 0 saturated carbocycles. The summed E-state index contributed by atoms with van der Waals surface area (Å²) in [7, 11) is 0. The highest BCUT2D eigenvalue weighted by Gasteiger charge is 2.22. The molecule has 0 unspecified atom stereocenters. The van der Waals surface area contributed by atoms with Gasteiger partial charge in [0.15, 0.2) is 5.58 Å². The Labute approximate surface area is 147 Å². The third-order valence-electron chi connectivity index (χ3n) is 3.43. The van der Waals surface area contributed by atoms with Gasteiger partial charge in [-0.15, -0.1) is 0 Å². The molecule has 1 heterocycles. The van der Waals surface area contributed by atoms with Gasteiger partial charge < -0.3 is 9.73 Å². The van der Waals surface area contributed by atoms with Crippen molar-refractivity contribution in [2.45, 2.75) is 13.3 Å². The second kappa shape index (κ2) is 6.67. The molecule has 3 rings (SSSR count). The van der Waals surface area contributed by atoms with Gasteiger partial charge in [0.25, 0.3) is 5.69 Å². The van der Waals surface area contributed by atoms with Crippen molar-refractivity contribution in [1.82, 2.24) is 4.98 Å². The molecular formula is C16H13Cl2N3O3. The fourth-order valence-corrected chi connectivity index (χ4v) is 2.90. The van der Waals surface area contributed by atoms with Gasteiger partial charge in [-0.25, -0.2) is 4.98 Å². The van der Waals surface area contributed by atoms with Crippen LogP contribution in [0.1, 0.15) is 13.3 Å². The molecule has 0 saturated heterocycles. The zero-order valence-electron chi connectivity index (χ0n) is 12.7. The molecular weight excluding hydrogens is 353 g/mol. The minimum atomic E-state index is -0.437. The highest BCUT2D eigenvalue weighted by molar-refractivity contribution is 6.38. The molecule has 2 aromatic carbocycles. The Morgan fingerprint density at radius 2 is 2.12 bits per heavy atom. The number of nitrogens with one attached hydrogen (secondary N) is 1. The Kier molecular flexibility index (Phi) is 4.59. The summed E-state index contributed by atoms with van der Waals surface area (Å²) in [5.41, 5.74) is 1.73. The SMILES string of the molecule is CCCNc1c(-c2nc3cc(Cl)cc(Cl)c3o2)cccc1[N+](=O)[O-]. The van der Waals surface area contributed by atoms with Crippen LogP contribution in [0.2, 0.25) is 10.0 Å². The fourth-order valence-electron chi connectivity index (χ4n) is 2.38. The van der Waals surface area contributed by atoms with Crippen LogP contribution in [0.3, 0.4) is 0 Å². The highest BCUT2D eigenvalue weighted by atomic mass is 35.5. The number of benzene rings is 2. The fraction of sp³-hybridized carbons (Fsp3) is 0.188. The predicted molar refractivity (Wildman–Crippen MR) is 94.9 cm³/mol. The van der Waals surface area contributed by atoms with E-state index in [4.69, 9.17) is 27.6 Å². The summed E-state index contributed by atoms with van der Waals surface area (Å²) in [6.45, 7) is 2.56. The molecule has 0 amide bonds. The van der Waals surface area contributed by atoms with Crippen LogP contribution in [0.4, 0.5) is 11.4 Å². The number of nitrogens with zero attached hydrogens (tertiary/aromatic N) is 2. The van der Waals surface area contributed by atoms with Gasteiger partial charge in [-0.2, -0.15) is 0 Å². The van der Waals surface area contributed by atoms with Crippen molar-refractivity contribution in [2.24, 2.45) is 0 Å². The van der Waals surface area contributed by atoms with E-state index in [0.29, 0.717) is 38.9 Å². The number of anilines is 1. The first-order valence-electron chi connectivity index (χ1n) is 7.28. The largest absolute Gasteiger partial charge is 0.434 e. The number of rotatable bonds is 5. The lowest BCUT2D eigenvalue weighted by Gasteiger charge is -2.09. The van der Waals surface area contributed by atoms with Crippen molar-refractivity contribution in [3.63, 3.8) is 0 Å². The number of para-hydroxylation sites is 1. The number of fused-ring (bicyclic) bond motifs is 1. The summed E-state index contributed by atoms with van der Waals surface area (Å²) in [5, 5.41) is 15.2. The number of halogens is 2. The minimum Gasteiger partial charge on any atom is -0.434 e. The maximum atomic E-state index is 11.3. The van der Waals surface area contributed by atoms with Crippen LogP contribution in [0.5, 0.6) is 0 Å². The van der Waals surface area contributed by atoms with Gasteiger partial charge in [-0.1, -0.05) is 36.2 Å². The van der Waals surface area contributed by atoms with Crippen molar-refractivity contribution in [1.29, 1.82) is 0 Å². The van der Waals surface area contributed by atoms with Crippen molar-refractivity contribution in [3.05, 3.63) is 50.5 Å². The van der Waals surface area contributed by atoms with Gasteiger partial charge in [0.2, 0.25) is 5.89 Å². The van der Waals surface area contributed by atoms with Crippen LogP contribution in [0.25, 0.3) is 22.6 Å². The van der Waals surface area contributed by atoms with Crippen LogP contribution in [0.15, 0.2) is 34.7 Å². The van der Waals surface area contributed by atoms with Crippen LogP contribution < -0.4 is 5.32 Å². The summed E-state index contributed by atoms with van der Waals surface area (Å²) in [4.78, 5) is 15.3. The van der Waals surface area contributed by atoms with Gasteiger partial charge in [-0.05, 0) is 24.6 Å². The maximum absolute atomic E-state index is 11.3. The summed E-state index contributed by atoms with van der Waals surface area (Å²) >= 11 is 12.1. The lowest BCUT2D eigenvalue weighted by molar-refractivity contribution is -0.383. The van der Waals surface area contributed by atoms with E-state index in [0.717, 1.165) is 6.42 Å². The Morgan fingerprint density at radius 3 is 2.83 bits per heavy atom. The van der Waals surface area contributed by atoms with Gasteiger partial charge in [0.05, 0.1) is 15.5 Å². The van der Waals surface area contributed by atoms with E-state index in [-0.39, 0.29) is 11.6 Å². The van der Waals surface area contributed by atoms with Crippen molar-refractivity contribution >= 4 is 45.7 Å². The molecule has 0 aliphatic rings. The average Bonchev–Trinajstić information content (AvgIpc) is 2.96. The summed E-state index contributed by atoms with van der Waals surface area (Å²) < 4.78 is 5.73. The van der Waals surface area contributed by atoms with E-state index >= 15 is 0 Å². The molecule has 8 heteroatoms. The molecule has 24 heavy (non-hydrogen) atoms. The number of oxazole rings is 1. The Bertz CT molecular complexity index is 924. The van der Waals surface area contributed by atoms with Gasteiger partial charge in [0.1, 0.15) is 11.2 Å². The van der Waals surface area contributed by atoms with Gasteiger partial charge >= 0.3 is 0 Å². The molecule has 6 nitrogen and oxygen atoms in total. The summed E-state index contributed by atoms with van der Waals surface area (Å²) in [6, 6.07) is 7.93. The molecule has 124 valence electrons. The van der Waals surface area contributed by atoms with Crippen LogP contribution in [-0.2, 0) is 0 Å². The standard InChI is InChI=1S/C16H13Cl2N3O3/c1-2-6-19-14-10(4-3-5-13(14)21(22)23)16-20-12-8-9(17)7-11(18)15(12)24-16/h3-5,7-8,19H,2,6H2,1H3. The number of nitro benzene ring substituents is 1. The number of nitro groups is 1. The van der Waals surface area contributed by atoms with Crippen molar-refractivity contribution in [2.75, 3.05) is 11.9 Å². The normalized spacial score (nSPS) is 11.0. The van der Waals surface area contributed by atoms with Crippen molar-refractivity contribution < 1.29 is 9.34 Å². The third-order valence-corrected chi connectivity index (χ3v) is 3.93. The zero-order valence-corrected chi connectivity index (χ0v) is 14.2. The summed E-state index contributed by atoms with van der Waals surface area (Å²) in [6.07, 6.45) is 0.820. The molecule has 0 bridgehead atoms. The maximum Gasteiger partial charge on any atom is 0.293 e. The molecule has 0 radical (unpaired) electrons. The van der Waals surface area contributed by atoms with E-state index in [1.165, 1.54) is 6.07 Å². The predicted octanol–water partition coefficient (Wildman–Crippen LogP) is 5.53. The lowest BCUT2D eigenvalue weighted by atomic mass is 10.1. The molecule has 0 fully saturated rings. The Balaban J connectivity index is 2.20. The number of hydrogen-bond donors (Lipinski definition) is 1. The van der Waals surface area contributed by atoms with E-state index in [1.807, 2.05) is 6.92 Å². The monoisotopic (exact) mass is 365 g/mol. The second-order valence-electron chi connectivity index (χ2n) is 5.14. The average molecular weight is 366 g/mol. The topological polar surface area (TPSA) is 81.2 Å². The Hall–Kier alpha value is -2.31. The number of hydrogen-bond acceptors (Lipinski definition) is 5. The zero-order chi connectivity index (χ0) is 17.3. The first-order chi connectivity index (χ1) is 11.5. The highest BCUT2D eigenvalue weighted by Crippen LogP contribution is 2.38. The summed E-state index contributed by atoms with van der Waals surface area (Å²) in [5.74, 6) is 0.247. The molecule has 0 atom stereocenters. The van der Waals surface area contributed by atoms with E-state index < -0.39 is 4.92 Å². The lowest BCUT2D eigenvalue weighted by Crippen LogP contribution is -2.05. The molecule has 3 aromatic rings. The quantitative estimate of drug-likeness (QED) is 0.474. The molecule has 1 aromatic heterocycles. The molecule has 0 aliphatic heterocycles. The smallest absolute Gasteiger partial charge is 0.293 e. The van der Waals surface area contributed by atoms with E-state index in [9.17, 15) is 10.1 Å². The van der Waals surface area contributed by atoms with Crippen LogP contribution in [-0.4, -0.2) is 16.5 Å². The Morgan fingerprint density at radius 1 is 1.33 bits per heavy atom. The second-order valence-corrected chi connectivity index (χ2v) is 5.98. The molecule has 1 N–H and O–H groups in total. The van der Waals surface area contributed by atoms with Crippen LogP contribution >= 0.6 is 23.2 Å². The van der Waals surface area contributed by atoms with E-state index in [2.05, 4.69) is 10.3 Å². The first-order valence-corrected chi connectivity index (χ1v) is 8.04. The van der Waals surface area contributed by atoms with Gasteiger partial charge in [-0.3, -0.25) is 10.1 Å². The van der Waals surface area contributed by atoms with Crippen molar-refractivity contribution in [3.8, 4) is 11.5 Å². The van der Waals surface area contributed by atoms with Crippen LogP contribution in [0, 0.1) is 10.1 Å². The molecule has 0 spiro atoms. The minimum absolute atomic E-state index is 0.0349. The number of aromatic nitrogens is 1. The van der Waals surface area contributed by atoms with E-state index in [1.54, 1.807) is 24.3 Å². The molecule has 0 aliphatic carbocycles. The first kappa shape index (κ1) is 16.5.